The standard InChI is InChI=1S/C19H22ClF6N3O/c20-14-2-1-3-15(21)13(14)10-16(27)29(17(30)28-9-8-19(24,25)26)11-12-4-6-18(22,23)7-5-12/h1-3,12,27H,4-11H2,(H,28,30). The van der Waals surface area contributed by atoms with Crippen molar-refractivity contribution in [1.82, 2.24) is 10.2 Å². The molecule has 0 aromatic heterocycles. The number of hydrogen-bond donors (Lipinski definition) is 2. The average molecular weight is 458 g/mol. The van der Waals surface area contributed by atoms with Crippen molar-refractivity contribution in [2.75, 3.05) is 13.1 Å². The van der Waals surface area contributed by atoms with Gasteiger partial charge < -0.3 is 5.32 Å². The predicted molar refractivity (Wildman–Crippen MR) is 101 cm³/mol. The summed E-state index contributed by atoms with van der Waals surface area (Å²) >= 11 is 5.95. The number of carbonyl (C=O) groups is 1. The van der Waals surface area contributed by atoms with Gasteiger partial charge in [0.15, 0.2) is 0 Å². The summed E-state index contributed by atoms with van der Waals surface area (Å²) in [7, 11) is 0. The van der Waals surface area contributed by atoms with Gasteiger partial charge in [-0.2, -0.15) is 13.2 Å². The average Bonchev–Trinajstić information content (AvgIpc) is 2.62. The lowest BCUT2D eigenvalue weighted by atomic mass is 9.86. The van der Waals surface area contributed by atoms with Crippen LogP contribution in [0.2, 0.25) is 5.02 Å². The van der Waals surface area contributed by atoms with Crippen LogP contribution in [-0.2, 0) is 6.42 Å². The number of nitrogens with zero attached hydrogens (tertiary/aromatic N) is 1. The number of halogens is 7. The number of benzene rings is 1. The summed E-state index contributed by atoms with van der Waals surface area (Å²) in [6, 6.07) is 2.94. The summed E-state index contributed by atoms with van der Waals surface area (Å²) in [6.07, 6.45) is -6.63. The Morgan fingerprint density at radius 2 is 1.90 bits per heavy atom. The molecular weight excluding hydrogens is 436 g/mol. The van der Waals surface area contributed by atoms with Gasteiger partial charge in [-0.25, -0.2) is 18.0 Å². The van der Waals surface area contributed by atoms with Gasteiger partial charge in [0.1, 0.15) is 11.7 Å². The lowest BCUT2D eigenvalue weighted by molar-refractivity contribution is -0.133. The van der Waals surface area contributed by atoms with E-state index in [1.165, 1.54) is 12.1 Å². The second kappa shape index (κ2) is 9.89. The predicted octanol–water partition coefficient (Wildman–Crippen LogP) is 5.79. The van der Waals surface area contributed by atoms with Crippen molar-refractivity contribution >= 4 is 23.5 Å². The van der Waals surface area contributed by atoms with E-state index >= 15 is 0 Å². The zero-order chi connectivity index (χ0) is 22.5. The molecule has 4 nitrogen and oxygen atoms in total. The van der Waals surface area contributed by atoms with Gasteiger partial charge in [-0.3, -0.25) is 10.3 Å². The summed E-state index contributed by atoms with van der Waals surface area (Å²) in [5, 5.41) is 10.4. The van der Waals surface area contributed by atoms with E-state index in [1.807, 2.05) is 0 Å². The number of urea groups is 1. The Balaban J connectivity index is 2.11. The van der Waals surface area contributed by atoms with Crippen LogP contribution in [0.15, 0.2) is 18.2 Å². The smallest absolute Gasteiger partial charge is 0.337 e. The van der Waals surface area contributed by atoms with E-state index in [2.05, 4.69) is 5.32 Å². The highest BCUT2D eigenvalue weighted by Crippen LogP contribution is 2.36. The largest absolute Gasteiger partial charge is 0.390 e. The molecule has 2 amide bonds. The molecule has 0 atom stereocenters. The molecule has 1 aliphatic rings. The van der Waals surface area contributed by atoms with Gasteiger partial charge in [0, 0.05) is 42.9 Å². The summed E-state index contributed by atoms with van der Waals surface area (Å²) < 4.78 is 77.9. The number of amidine groups is 1. The molecule has 0 saturated heterocycles. The Kier molecular flexibility index (Phi) is 8.01. The zero-order valence-corrected chi connectivity index (χ0v) is 16.7. The van der Waals surface area contributed by atoms with Crippen molar-refractivity contribution in [3.63, 3.8) is 0 Å². The number of carbonyl (C=O) groups excluding carboxylic acids is 1. The first-order valence-corrected chi connectivity index (χ1v) is 9.76. The molecule has 2 rings (SSSR count). The van der Waals surface area contributed by atoms with E-state index in [9.17, 15) is 31.1 Å². The first-order valence-electron chi connectivity index (χ1n) is 9.38. The van der Waals surface area contributed by atoms with Gasteiger partial charge in [-0.05, 0) is 30.9 Å². The van der Waals surface area contributed by atoms with Crippen molar-refractivity contribution in [2.45, 2.75) is 50.6 Å². The number of rotatable bonds is 6. The third kappa shape index (κ3) is 7.37. The Morgan fingerprint density at radius 1 is 1.27 bits per heavy atom. The molecule has 2 N–H and O–H groups in total. The van der Waals surface area contributed by atoms with E-state index in [0.717, 1.165) is 11.0 Å². The van der Waals surface area contributed by atoms with E-state index < -0.39 is 36.9 Å². The monoisotopic (exact) mass is 457 g/mol. The van der Waals surface area contributed by atoms with Crippen LogP contribution in [0.25, 0.3) is 0 Å². The number of amides is 2. The maximum absolute atomic E-state index is 14.0. The second-order valence-corrected chi connectivity index (χ2v) is 7.74. The van der Waals surface area contributed by atoms with Crippen molar-refractivity contribution in [3.05, 3.63) is 34.6 Å². The maximum Gasteiger partial charge on any atom is 0.390 e. The molecule has 168 valence electrons. The quantitative estimate of drug-likeness (QED) is 0.317. The fraction of sp³-hybridized carbons (Fsp3) is 0.579. The molecule has 1 aliphatic carbocycles. The molecule has 11 heteroatoms. The van der Waals surface area contributed by atoms with Crippen LogP contribution in [0.5, 0.6) is 0 Å². The summed E-state index contributed by atoms with van der Waals surface area (Å²) in [6.45, 7) is -0.825. The number of nitrogens with one attached hydrogen (secondary N) is 2. The molecule has 0 bridgehead atoms. The second-order valence-electron chi connectivity index (χ2n) is 7.33. The van der Waals surface area contributed by atoms with Crippen LogP contribution in [0, 0.1) is 17.1 Å². The highest BCUT2D eigenvalue weighted by molar-refractivity contribution is 6.31. The molecular formula is C19H22ClF6N3O. The molecule has 0 unspecified atom stereocenters. The van der Waals surface area contributed by atoms with Gasteiger partial charge in [0.05, 0.1) is 6.42 Å². The summed E-state index contributed by atoms with van der Waals surface area (Å²) in [5.74, 6) is -4.22. The lowest BCUT2D eigenvalue weighted by Crippen LogP contribution is -2.48. The van der Waals surface area contributed by atoms with Crippen LogP contribution in [0.4, 0.5) is 31.1 Å². The topological polar surface area (TPSA) is 56.2 Å². The highest BCUT2D eigenvalue weighted by Gasteiger charge is 2.36. The molecule has 0 aliphatic heterocycles. The summed E-state index contributed by atoms with van der Waals surface area (Å²) in [5.41, 5.74) is -0.0348. The van der Waals surface area contributed by atoms with Crippen molar-refractivity contribution < 1.29 is 31.1 Å². The first kappa shape index (κ1) is 24.3. The minimum Gasteiger partial charge on any atom is -0.337 e. The zero-order valence-electron chi connectivity index (χ0n) is 16.0. The van der Waals surface area contributed by atoms with Gasteiger partial charge >= 0.3 is 12.2 Å². The number of alkyl halides is 5. The van der Waals surface area contributed by atoms with Crippen molar-refractivity contribution in [3.8, 4) is 0 Å². The minimum absolute atomic E-state index is 0.0348. The molecule has 1 aromatic carbocycles. The minimum atomic E-state index is -4.47. The van der Waals surface area contributed by atoms with Crippen LogP contribution in [0.3, 0.4) is 0 Å². The van der Waals surface area contributed by atoms with Gasteiger partial charge in [0.2, 0.25) is 5.92 Å². The Hall–Kier alpha value is -1.97. The highest BCUT2D eigenvalue weighted by atomic mass is 35.5. The fourth-order valence-electron chi connectivity index (χ4n) is 3.23. The molecule has 1 saturated carbocycles. The van der Waals surface area contributed by atoms with Gasteiger partial charge in [-0.1, -0.05) is 17.7 Å². The molecule has 1 fully saturated rings. The fourth-order valence-corrected chi connectivity index (χ4v) is 3.46. The maximum atomic E-state index is 14.0. The lowest BCUT2D eigenvalue weighted by Gasteiger charge is -2.33. The third-order valence-corrected chi connectivity index (χ3v) is 5.29. The van der Waals surface area contributed by atoms with E-state index in [1.54, 1.807) is 0 Å². The van der Waals surface area contributed by atoms with E-state index in [-0.39, 0.29) is 61.0 Å². The van der Waals surface area contributed by atoms with Crippen molar-refractivity contribution in [2.24, 2.45) is 5.92 Å². The van der Waals surface area contributed by atoms with Gasteiger partial charge in [-0.15, -0.1) is 0 Å². The van der Waals surface area contributed by atoms with E-state index in [4.69, 9.17) is 17.0 Å². The van der Waals surface area contributed by atoms with E-state index in [0.29, 0.717) is 0 Å². The Labute approximate surface area is 175 Å². The van der Waals surface area contributed by atoms with Crippen molar-refractivity contribution in [1.29, 1.82) is 5.41 Å². The number of hydrogen-bond acceptors (Lipinski definition) is 2. The third-order valence-electron chi connectivity index (χ3n) is 4.94. The Bertz CT molecular complexity index is 741. The van der Waals surface area contributed by atoms with Crippen LogP contribution in [0.1, 0.15) is 37.7 Å². The van der Waals surface area contributed by atoms with Crippen LogP contribution in [-0.4, -0.2) is 42.0 Å². The molecule has 0 spiro atoms. The van der Waals surface area contributed by atoms with Crippen LogP contribution < -0.4 is 5.32 Å². The normalized spacial score (nSPS) is 16.9. The van der Waals surface area contributed by atoms with Gasteiger partial charge in [0.25, 0.3) is 0 Å². The molecule has 30 heavy (non-hydrogen) atoms. The summed E-state index contributed by atoms with van der Waals surface area (Å²) in [4.78, 5) is 13.3. The molecule has 0 radical (unpaired) electrons. The Morgan fingerprint density at radius 3 is 2.47 bits per heavy atom. The first-order chi connectivity index (χ1) is 13.9. The molecule has 0 heterocycles. The van der Waals surface area contributed by atoms with Crippen LogP contribution >= 0.6 is 11.6 Å². The SMILES string of the molecule is N=C(Cc1c(F)cccc1Cl)N(CC1CCC(F)(F)CC1)C(=O)NCCC(F)(F)F. The molecule has 1 aromatic rings.